The Labute approximate surface area is 204 Å². The molecule has 1 fully saturated rings. The van der Waals surface area contributed by atoms with Crippen LogP contribution in [0.2, 0.25) is 0 Å². The standard InChI is InChI=1S/C30H29F3O2/c1-18(34)20-8-10-22(11-9-20)26-15-12-23(29(32)30(26)33)7-4-19-2-5-21(6-3-19)25-14-13-24(16-27(25)31)28-17-35-28/h5,8-16,18-19,28,34H,2-4,6-7,17H2,1H3. The average molecular weight is 479 g/mol. The summed E-state index contributed by atoms with van der Waals surface area (Å²) in [7, 11) is 0. The molecule has 0 bridgehead atoms. The van der Waals surface area contributed by atoms with Gasteiger partial charge in [-0.25, -0.2) is 13.2 Å². The van der Waals surface area contributed by atoms with E-state index in [-0.39, 0.29) is 17.5 Å². The summed E-state index contributed by atoms with van der Waals surface area (Å²) in [5.41, 5.74) is 4.46. The summed E-state index contributed by atoms with van der Waals surface area (Å²) in [5, 5.41) is 9.64. The van der Waals surface area contributed by atoms with E-state index in [4.69, 9.17) is 4.74 Å². The lowest BCUT2D eigenvalue weighted by molar-refractivity contribution is 0.199. The fourth-order valence-corrected chi connectivity index (χ4v) is 4.93. The highest BCUT2D eigenvalue weighted by Gasteiger charge is 2.26. The molecule has 1 aliphatic carbocycles. The van der Waals surface area contributed by atoms with Gasteiger partial charge < -0.3 is 9.84 Å². The van der Waals surface area contributed by atoms with Crippen LogP contribution in [0.5, 0.6) is 0 Å². The minimum atomic E-state index is -0.839. The van der Waals surface area contributed by atoms with Gasteiger partial charge in [0.25, 0.3) is 0 Å². The van der Waals surface area contributed by atoms with Gasteiger partial charge in [-0.3, -0.25) is 0 Å². The highest BCUT2D eigenvalue weighted by atomic mass is 19.2. The Morgan fingerprint density at radius 1 is 0.971 bits per heavy atom. The summed E-state index contributed by atoms with van der Waals surface area (Å²) in [6.07, 6.45) is 5.22. The largest absolute Gasteiger partial charge is 0.389 e. The summed E-state index contributed by atoms with van der Waals surface area (Å²) in [5.74, 6) is -1.48. The van der Waals surface area contributed by atoms with Crippen LogP contribution in [0.15, 0.2) is 60.7 Å². The molecule has 0 radical (unpaired) electrons. The molecule has 2 aliphatic rings. The van der Waals surface area contributed by atoms with Crippen molar-refractivity contribution < 1.29 is 23.0 Å². The molecule has 1 N–H and O–H groups in total. The van der Waals surface area contributed by atoms with E-state index in [1.165, 1.54) is 0 Å². The number of rotatable bonds is 7. The van der Waals surface area contributed by atoms with Gasteiger partial charge in [0.2, 0.25) is 0 Å². The van der Waals surface area contributed by atoms with Crippen LogP contribution in [-0.4, -0.2) is 11.7 Å². The molecule has 0 spiro atoms. The summed E-state index contributed by atoms with van der Waals surface area (Å²) in [4.78, 5) is 0. The Bertz CT molecular complexity index is 1240. The lowest BCUT2D eigenvalue weighted by atomic mass is 9.83. The third kappa shape index (κ3) is 5.21. The first-order valence-electron chi connectivity index (χ1n) is 12.3. The van der Waals surface area contributed by atoms with E-state index in [0.717, 1.165) is 42.4 Å². The first-order chi connectivity index (χ1) is 16.9. The second-order valence-electron chi connectivity index (χ2n) is 9.67. The van der Waals surface area contributed by atoms with E-state index in [0.29, 0.717) is 35.6 Å². The topological polar surface area (TPSA) is 32.8 Å². The predicted molar refractivity (Wildman–Crippen MR) is 131 cm³/mol. The first kappa shape index (κ1) is 23.8. The van der Waals surface area contributed by atoms with Gasteiger partial charge in [0.1, 0.15) is 11.9 Å². The zero-order valence-corrected chi connectivity index (χ0v) is 19.7. The minimum Gasteiger partial charge on any atom is -0.389 e. The van der Waals surface area contributed by atoms with Crippen molar-refractivity contribution in [3.05, 3.63) is 100 Å². The quantitative estimate of drug-likeness (QED) is 0.353. The number of allylic oxidation sites excluding steroid dienone is 2. The second-order valence-corrected chi connectivity index (χ2v) is 9.67. The number of aryl methyl sites for hydroxylation is 1. The van der Waals surface area contributed by atoms with Crippen molar-refractivity contribution in [2.24, 2.45) is 5.92 Å². The Balaban J connectivity index is 1.22. The van der Waals surface area contributed by atoms with Crippen LogP contribution in [-0.2, 0) is 11.2 Å². The Kier molecular flexibility index (Phi) is 6.81. The first-order valence-corrected chi connectivity index (χ1v) is 12.3. The second kappa shape index (κ2) is 10.00. The van der Waals surface area contributed by atoms with Gasteiger partial charge in [0.15, 0.2) is 11.6 Å². The van der Waals surface area contributed by atoms with Gasteiger partial charge in [-0.1, -0.05) is 54.6 Å². The minimum absolute atomic E-state index is 0.0400. The molecular weight excluding hydrogens is 449 g/mol. The fourth-order valence-electron chi connectivity index (χ4n) is 4.93. The number of epoxide rings is 1. The molecule has 1 heterocycles. The molecule has 3 atom stereocenters. The van der Waals surface area contributed by atoms with E-state index in [1.54, 1.807) is 49.4 Å². The lowest BCUT2D eigenvalue weighted by Gasteiger charge is -2.23. The summed E-state index contributed by atoms with van der Waals surface area (Å²) >= 11 is 0. The normalized spacial score (nSPS) is 20.4. The van der Waals surface area contributed by atoms with Gasteiger partial charge >= 0.3 is 0 Å². The molecule has 2 nitrogen and oxygen atoms in total. The number of aliphatic hydroxyl groups is 1. The van der Waals surface area contributed by atoms with Gasteiger partial charge in [0, 0.05) is 11.1 Å². The van der Waals surface area contributed by atoms with E-state index >= 15 is 0 Å². The summed E-state index contributed by atoms with van der Waals surface area (Å²) in [6, 6.07) is 15.5. The fraction of sp³-hybridized carbons (Fsp3) is 0.333. The van der Waals surface area contributed by atoms with Crippen LogP contribution in [0.4, 0.5) is 13.2 Å². The van der Waals surface area contributed by atoms with Gasteiger partial charge in [-0.15, -0.1) is 0 Å². The molecule has 3 aromatic rings. The van der Waals surface area contributed by atoms with Crippen LogP contribution >= 0.6 is 0 Å². The van der Waals surface area contributed by atoms with Crippen LogP contribution in [0.1, 0.15) is 67.1 Å². The highest BCUT2D eigenvalue weighted by Crippen LogP contribution is 2.37. The average Bonchev–Trinajstić information content (AvgIpc) is 3.71. The van der Waals surface area contributed by atoms with Crippen molar-refractivity contribution >= 4 is 5.57 Å². The maximum atomic E-state index is 14.9. The summed E-state index contributed by atoms with van der Waals surface area (Å²) < 4.78 is 49.5. The molecular formula is C30H29F3O2. The van der Waals surface area contributed by atoms with E-state index in [1.807, 2.05) is 12.1 Å². The Morgan fingerprint density at radius 2 is 1.71 bits per heavy atom. The number of benzene rings is 3. The van der Waals surface area contributed by atoms with Gasteiger partial charge in [0.05, 0.1) is 12.7 Å². The molecule has 5 rings (SSSR count). The van der Waals surface area contributed by atoms with Crippen molar-refractivity contribution in [2.75, 3.05) is 6.61 Å². The summed E-state index contributed by atoms with van der Waals surface area (Å²) in [6.45, 7) is 2.32. The van der Waals surface area contributed by atoms with Crippen molar-refractivity contribution in [1.82, 2.24) is 0 Å². The molecule has 5 heteroatoms. The molecule has 0 saturated carbocycles. The van der Waals surface area contributed by atoms with Crippen LogP contribution in [0.25, 0.3) is 16.7 Å². The Morgan fingerprint density at radius 3 is 2.34 bits per heavy atom. The third-order valence-electron chi connectivity index (χ3n) is 7.25. The van der Waals surface area contributed by atoms with Crippen LogP contribution in [0, 0.1) is 23.4 Å². The molecule has 1 aliphatic heterocycles. The number of ether oxygens (including phenoxy) is 1. The maximum absolute atomic E-state index is 14.9. The van der Waals surface area contributed by atoms with Crippen LogP contribution in [0.3, 0.4) is 0 Å². The van der Waals surface area contributed by atoms with E-state index in [9.17, 15) is 18.3 Å². The number of halogens is 3. The highest BCUT2D eigenvalue weighted by molar-refractivity contribution is 5.67. The number of hydrogen-bond acceptors (Lipinski definition) is 2. The molecule has 35 heavy (non-hydrogen) atoms. The van der Waals surface area contributed by atoms with Crippen LogP contribution < -0.4 is 0 Å². The Hall–Kier alpha value is -2.89. The predicted octanol–water partition coefficient (Wildman–Crippen LogP) is 7.71. The molecule has 3 aromatic carbocycles. The molecule has 0 aromatic heterocycles. The van der Waals surface area contributed by atoms with Crippen molar-refractivity contribution in [3.63, 3.8) is 0 Å². The van der Waals surface area contributed by atoms with E-state index < -0.39 is 17.7 Å². The van der Waals surface area contributed by atoms with Gasteiger partial charge in [-0.05, 0) is 78.8 Å². The lowest BCUT2D eigenvalue weighted by Crippen LogP contribution is -2.08. The zero-order valence-electron chi connectivity index (χ0n) is 19.7. The zero-order chi connectivity index (χ0) is 24.5. The van der Waals surface area contributed by atoms with Crippen molar-refractivity contribution in [3.8, 4) is 11.1 Å². The smallest absolute Gasteiger partial charge is 0.166 e. The molecule has 1 saturated heterocycles. The molecule has 182 valence electrons. The van der Waals surface area contributed by atoms with E-state index in [2.05, 4.69) is 6.08 Å². The monoisotopic (exact) mass is 478 g/mol. The number of hydrogen-bond donors (Lipinski definition) is 1. The SMILES string of the molecule is CC(O)c1ccc(-c2ccc(CCC3CC=C(c4ccc(C5CO5)cc4F)CC3)c(F)c2F)cc1. The maximum Gasteiger partial charge on any atom is 0.166 e. The van der Waals surface area contributed by atoms with Gasteiger partial charge in [-0.2, -0.15) is 0 Å². The number of aliphatic hydroxyl groups excluding tert-OH is 1. The third-order valence-corrected chi connectivity index (χ3v) is 7.25. The molecule has 0 amide bonds. The van der Waals surface area contributed by atoms with Crippen molar-refractivity contribution in [2.45, 2.75) is 51.2 Å². The molecule has 3 unspecified atom stereocenters. The van der Waals surface area contributed by atoms with Crippen molar-refractivity contribution in [1.29, 1.82) is 0 Å².